The van der Waals surface area contributed by atoms with Crippen LogP contribution in [0.2, 0.25) is 0 Å². The Bertz CT molecular complexity index is 177. The second-order valence-corrected chi connectivity index (χ2v) is 4.40. The minimum Gasteiger partial charge on any atom is -0.280 e. The number of hydrogen-bond donors (Lipinski definition) is 0. The van der Waals surface area contributed by atoms with E-state index in [4.69, 9.17) is 0 Å². The molecule has 1 aliphatic carbocycles. The number of nitrogens with zero attached hydrogens (tertiary/aromatic N) is 2. The Balaban J connectivity index is 1.99. The van der Waals surface area contributed by atoms with Gasteiger partial charge in [0, 0.05) is 18.2 Å². The van der Waals surface area contributed by atoms with Crippen LogP contribution in [0, 0.1) is 5.92 Å². The van der Waals surface area contributed by atoms with Crippen LogP contribution in [-0.4, -0.2) is 22.2 Å². The summed E-state index contributed by atoms with van der Waals surface area (Å²) in [7, 11) is 0. The van der Waals surface area contributed by atoms with E-state index in [1.165, 1.54) is 19.3 Å². The number of halogens is 1. The normalized spacial score (nSPS) is 37.8. The van der Waals surface area contributed by atoms with Gasteiger partial charge in [0.15, 0.2) is 0 Å². The van der Waals surface area contributed by atoms with Gasteiger partial charge in [0.05, 0.1) is 0 Å². The third kappa shape index (κ3) is 1.19. The highest BCUT2D eigenvalue weighted by Crippen LogP contribution is 2.33. The van der Waals surface area contributed by atoms with Crippen LogP contribution in [0.15, 0.2) is 5.10 Å². The van der Waals surface area contributed by atoms with Crippen molar-refractivity contribution in [3.8, 4) is 0 Å². The maximum Gasteiger partial charge on any atom is 0.110 e. The van der Waals surface area contributed by atoms with Gasteiger partial charge in [-0.3, -0.25) is 5.01 Å². The largest absolute Gasteiger partial charge is 0.280 e. The monoisotopic (exact) mass is 216 g/mol. The van der Waals surface area contributed by atoms with Crippen LogP contribution in [0.5, 0.6) is 0 Å². The average molecular weight is 217 g/mol. The number of hydrogen-bond acceptors (Lipinski definition) is 2. The van der Waals surface area contributed by atoms with Gasteiger partial charge in [0.25, 0.3) is 0 Å². The molecule has 62 valence electrons. The van der Waals surface area contributed by atoms with Crippen LogP contribution in [0.1, 0.15) is 26.2 Å². The van der Waals surface area contributed by atoms with Crippen LogP contribution < -0.4 is 0 Å². The highest BCUT2D eigenvalue weighted by atomic mass is 79.9. The summed E-state index contributed by atoms with van der Waals surface area (Å²) in [6.07, 6.45) is 6.07. The zero-order valence-electron chi connectivity index (χ0n) is 6.70. The lowest BCUT2D eigenvalue weighted by Crippen LogP contribution is -2.39. The van der Waals surface area contributed by atoms with E-state index in [0.29, 0.717) is 10.9 Å². The number of hydrazone groups is 1. The van der Waals surface area contributed by atoms with Crippen molar-refractivity contribution in [3.05, 3.63) is 0 Å². The summed E-state index contributed by atoms with van der Waals surface area (Å²) in [4.78, 5) is 0.452. The summed E-state index contributed by atoms with van der Waals surface area (Å²) < 4.78 is 0. The smallest absolute Gasteiger partial charge is 0.110 e. The second kappa shape index (κ2) is 2.77. The van der Waals surface area contributed by atoms with E-state index in [1.807, 2.05) is 6.21 Å². The molecule has 0 saturated heterocycles. The fraction of sp³-hybridized carbons (Fsp3) is 0.875. The Morgan fingerprint density at radius 2 is 2.27 bits per heavy atom. The molecule has 2 aliphatic rings. The maximum atomic E-state index is 4.38. The average Bonchev–Trinajstić information content (AvgIpc) is 2.15. The minimum absolute atomic E-state index is 0.452. The molecule has 0 N–H and O–H groups in total. The maximum absolute atomic E-state index is 4.38. The first-order chi connectivity index (χ1) is 5.29. The van der Waals surface area contributed by atoms with E-state index in [-0.39, 0.29) is 0 Å². The van der Waals surface area contributed by atoms with Gasteiger partial charge in [-0.2, -0.15) is 5.10 Å². The molecule has 0 aromatic heterocycles. The molecule has 2 nitrogen and oxygen atoms in total. The molecule has 0 aromatic carbocycles. The van der Waals surface area contributed by atoms with Gasteiger partial charge in [-0.15, -0.1) is 0 Å². The molecule has 1 heterocycles. The highest BCUT2D eigenvalue weighted by molar-refractivity contribution is 9.09. The molecule has 2 rings (SSSR count). The van der Waals surface area contributed by atoms with Gasteiger partial charge in [0.2, 0.25) is 0 Å². The summed E-state index contributed by atoms with van der Waals surface area (Å²) in [5, 5.41) is 6.60. The van der Waals surface area contributed by atoms with E-state index in [0.717, 1.165) is 6.04 Å². The fourth-order valence-corrected chi connectivity index (χ4v) is 2.08. The molecule has 0 amide bonds. The van der Waals surface area contributed by atoms with E-state index >= 15 is 0 Å². The third-order valence-electron chi connectivity index (χ3n) is 2.57. The Morgan fingerprint density at radius 3 is 2.64 bits per heavy atom. The first kappa shape index (κ1) is 7.59. The lowest BCUT2D eigenvalue weighted by Gasteiger charge is -2.36. The summed E-state index contributed by atoms with van der Waals surface area (Å²) >= 11 is 3.65. The molecule has 0 aromatic rings. The fourth-order valence-electron chi connectivity index (χ4n) is 1.50. The number of alkyl halides is 1. The van der Waals surface area contributed by atoms with Gasteiger partial charge in [0.1, 0.15) is 4.95 Å². The first-order valence-corrected chi connectivity index (χ1v) is 5.17. The van der Waals surface area contributed by atoms with Crippen molar-refractivity contribution in [1.82, 2.24) is 5.01 Å². The van der Waals surface area contributed by atoms with Crippen molar-refractivity contribution < 1.29 is 0 Å². The molecule has 1 aliphatic heterocycles. The zero-order valence-corrected chi connectivity index (χ0v) is 8.29. The minimum atomic E-state index is 0.452. The Labute approximate surface area is 75.8 Å². The van der Waals surface area contributed by atoms with Crippen LogP contribution in [0.25, 0.3) is 0 Å². The second-order valence-electron chi connectivity index (χ2n) is 3.46. The lowest BCUT2D eigenvalue weighted by molar-refractivity contribution is 0.127. The van der Waals surface area contributed by atoms with Crippen LogP contribution >= 0.6 is 15.9 Å². The van der Waals surface area contributed by atoms with Crippen molar-refractivity contribution in [2.24, 2.45) is 11.0 Å². The summed E-state index contributed by atoms with van der Waals surface area (Å²) in [6, 6.07) is 0.723. The van der Waals surface area contributed by atoms with Crippen molar-refractivity contribution in [2.45, 2.75) is 37.2 Å². The van der Waals surface area contributed by atoms with Crippen molar-refractivity contribution in [2.75, 3.05) is 0 Å². The summed E-state index contributed by atoms with van der Waals surface area (Å²) in [5.74, 6) is 0.565. The Kier molecular flexibility index (Phi) is 1.91. The van der Waals surface area contributed by atoms with Gasteiger partial charge < -0.3 is 0 Å². The molecule has 0 spiro atoms. The number of rotatable bonds is 1. The van der Waals surface area contributed by atoms with Gasteiger partial charge in [-0.1, -0.05) is 22.9 Å². The van der Waals surface area contributed by atoms with Crippen LogP contribution in [0.3, 0.4) is 0 Å². The van der Waals surface area contributed by atoms with Gasteiger partial charge >= 0.3 is 0 Å². The third-order valence-corrected chi connectivity index (χ3v) is 3.82. The van der Waals surface area contributed by atoms with Gasteiger partial charge in [-0.05, 0) is 19.3 Å². The SMILES string of the molecule is CC1C=NN(C2CCC2)C1Br. The molecular weight excluding hydrogens is 204 g/mol. The van der Waals surface area contributed by atoms with E-state index < -0.39 is 0 Å². The molecule has 0 radical (unpaired) electrons. The Morgan fingerprint density at radius 1 is 1.55 bits per heavy atom. The zero-order chi connectivity index (χ0) is 7.84. The molecule has 3 heteroatoms. The topological polar surface area (TPSA) is 15.6 Å². The van der Waals surface area contributed by atoms with Crippen LogP contribution in [-0.2, 0) is 0 Å². The van der Waals surface area contributed by atoms with Crippen LogP contribution in [0.4, 0.5) is 0 Å². The molecule has 1 saturated carbocycles. The molecule has 1 fully saturated rings. The molecular formula is C8H13BrN2. The van der Waals surface area contributed by atoms with E-state index in [1.54, 1.807) is 0 Å². The Hall–Kier alpha value is -0.0500. The van der Waals surface area contributed by atoms with Gasteiger partial charge in [-0.25, -0.2) is 0 Å². The predicted molar refractivity (Wildman–Crippen MR) is 49.8 cm³/mol. The highest BCUT2D eigenvalue weighted by Gasteiger charge is 2.33. The van der Waals surface area contributed by atoms with Crippen molar-refractivity contribution in [3.63, 3.8) is 0 Å². The summed E-state index contributed by atoms with van der Waals surface area (Å²) in [5.41, 5.74) is 0. The quantitative estimate of drug-likeness (QED) is 0.485. The molecule has 2 atom stereocenters. The standard InChI is InChI=1S/C8H13BrN2/c1-6-5-10-11(8(6)9)7-3-2-4-7/h5-8H,2-4H2,1H3. The molecule has 11 heavy (non-hydrogen) atoms. The van der Waals surface area contributed by atoms with E-state index in [9.17, 15) is 0 Å². The molecule has 0 bridgehead atoms. The van der Waals surface area contributed by atoms with Crippen molar-refractivity contribution in [1.29, 1.82) is 0 Å². The first-order valence-electron chi connectivity index (χ1n) is 4.25. The van der Waals surface area contributed by atoms with E-state index in [2.05, 4.69) is 33.0 Å². The lowest BCUT2D eigenvalue weighted by atomic mass is 9.92. The molecule has 2 unspecified atom stereocenters. The summed E-state index contributed by atoms with van der Waals surface area (Å²) in [6.45, 7) is 2.20. The predicted octanol–water partition coefficient (Wildman–Crippen LogP) is 2.20. The van der Waals surface area contributed by atoms with Crippen molar-refractivity contribution >= 4 is 22.1 Å².